The molecule has 4 aliphatic rings. The Labute approximate surface area is 179 Å². The molecular formula is C25H36O5. The van der Waals surface area contributed by atoms with Gasteiger partial charge in [-0.2, -0.15) is 0 Å². The van der Waals surface area contributed by atoms with Crippen LogP contribution in [0.3, 0.4) is 0 Å². The van der Waals surface area contributed by atoms with E-state index in [4.69, 9.17) is 9.47 Å². The summed E-state index contributed by atoms with van der Waals surface area (Å²) in [5.41, 5.74) is 2.57. The summed E-state index contributed by atoms with van der Waals surface area (Å²) in [6, 6.07) is 0. The van der Waals surface area contributed by atoms with E-state index in [2.05, 4.69) is 26.0 Å². The number of carbonyl (C=O) groups excluding carboxylic acids is 2. The lowest BCUT2D eigenvalue weighted by atomic mass is 9.49. The van der Waals surface area contributed by atoms with Crippen molar-refractivity contribution in [2.24, 2.45) is 28.6 Å². The monoisotopic (exact) mass is 416 g/mol. The van der Waals surface area contributed by atoms with E-state index >= 15 is 0 Å². The lowest BCUT2D eigenvalue weighted by Gasteiger charge is -2.57. The molecule has 0 aromatic rings. The quantitative estimate of drug-likeness (QED) is 0.693. The summed E-state index contributed by atoms with van der Waals surface area (Å²) in [4.78, 5) is 23.6. The van der Waals surface area contributed by atoms with Gasteiger partial charge in [0.1, 0.15) is 12.2 Å². The minimum atomic E-state index is -0.300. The summed E-state index contributed by atoms with van der Waals surface area (Å²) < 4.78 is 11.4. The average molecular weight is 417 g/mol. The molecule has 0 radical (unpaired) electrons. The third-order valence-corrected chi connectivity index (χ3v) is 8.90. The second kappa shape index (κ2) is 7.51. The molecule has 0 aromatic carbocycles. The molecule has 0 bridgehead atoms. The first-order valence-electron chi connectivity index (χ1n) is 11.5. The van der Waals surface area contributed by atoms with Crippen LogP contribution in [0.2, 0.25) is 0 Å². The molecule has 5 nitrogen and oxygen atoms in total. The molecule has 0 aliphatic heterocycles. The van der Waals surface area contributed by atoms with E-state index in [1.54, 1.807) is 0 Å². The van der Waals surface area contributed by atoms with Gasteiger partial charge in [-0.1, -0.05) is 37.1 Å². The number of fused-ring (bicyclic) bond motifs is 5. The molecule has 0 saturated heterocycles. The van der Waals surface area contributed by atoms with E-state index < -0.39 is 0 Å². The standard InChI is InChI=1S/C25H36O5/c1-14(26)20-8-9-21-19-7-6-17-12-18(29-15(2)27)13-23(30-16(3)28)25(17,5)22(19)10-11-24(20,21)4/h6-7,14,18,20-23,26H,8-13H2,1-5H3/t14?,18-,20-,21+,22+,23+,24-,25+/m1/s1. The third-order valence-electron chi connectivity index (χ3n) is 8.90. The largest absolute Gasteiger partial charge is 0.462 e. The van der Waals surface area contributed by atoms with Crippen molar-refractivity contribution in [1.29, 1.82) is 0 Å². The zero-order valence-corrected chi connectivity index (χ0v) is 18.9. The molecule has 3 fully saturated rings. The molecule has 3 saturated carbocycles. The Morgan fingerprint density at radius 3 is 2.40 bits per heavy atom. The van der Waals surface area contributed by atoms with E-state index in [9.17, 15) is 14.7 Å². The number of hydrogen-bond donors (Lipinski definition) is 1. The predicted molar refractivity (Wildman–Crippen MR) is 113 cm³/mol. The summed E-state index contributed by atoms with van der Waals surface area (Å²) in [6.45, 7) is 9.44. The molecule has 166 valence electrons. The van der Waals surface area contributed by atoms with Gasteiger partial charge in [-0.3, -0.25) is 9.59 Å². The first-order chi connectivity index (χ1) is 14.1. The van der Waals surface area contributed by atoms with Crippen molar-refractivity contribution >= 4 is 11.9 Å². The van der Waals surface area contributed by atoms with Crippen LogP contribution in [-0.2, 0) is 19.1 Å². The normalized spacial score (nSPS) is 43.3. The smallest absolute Gasteiger partial charge is 0.302 e. The Morgan fingerprint density at radius 1 is 1.07 bits per heavy atom. The molecule has 1 N–H and O–H groups in total. The first-order valence-corrected chi connectivity index (χ1v) is 11.5. The van der Waals surface area contributed by atoms with Crippen LogP contribution in [0.1, 0.15) is 73.1 Å². The van der Waals surface area contributed by atoms with E-state index in [-0.39, 0.29) is 41.1 Å². The number of ether oxygens (including phenoxy) is 2. The molecular weight excluding hydrogens is 380 g/mol. The van der Waals surface area contributed by atoms with Gasteiger partial charge in [0.2, 0.25) is 0 Å². The lowest BCUT2D eigenvalue weighted by molar-refractivity contribution is -0.165. The first kappa shape index (κ1) is 21.6. The lowest BCUT2D eigenvalue weighted by Crippen LogP contribution is -2.54. The van der Waals surface area contributed by atoms with Crippen LogP contribution in [0, 0.1) is 28.6 Å². The highest BCUT2D eigenvalue weighted by Crippen LogP contribution is 2.65. The molecule has 0 heterocycles. The van der Waals surface area contributed by atoms with E-state index in [0.717, 1.165) is 25.7 Å². The Kier molecular flexibility index (Phi) is 5.41. The van der Waals surface area contributed by atoms with Crippen LogP contribution >= 0.6 is 0 Å². The number of esters is 2. The Balaban J connectivity index is 1.71. The number of carbonyl (C=O) groups is 2. The highest BCUT2D eigenvalue weighted by Gasteiger charge is 2.60. The Bertz CT molecular complexity index is 795. The topological polar surface area (TPSA) is 72.8 Å². The summed E-state index contributed by atoms with van der Waals surface area (Å²) in [5, 5.41) is 10.4. The molecule has 0 aromatic heterocycles. The summed E-state index contributed by atoms with van der Waals surface area (Å²) in [7, 11) is 0. The molecule has 0 spiro atoms. The summed E-state index contributed by atoms with van der Waals surface area (Å²) in [5.74, 6) is 0.560. The van der Waals surface area contributed by atoms with E-state index in [1.165, 1.54) is 25.0 Å². The number of hydrogen-bond acceptors (Lipinski definition) is 5. The average Bonchev–Trinajstić information content (AvgIpc) is 2.99. The molecule has 8 atom stereocenters. The van der Waals surface area contributed by atoms with Crippen molar-refractivity contribution in [1.82, 2.24) is 0 Å². The highest BCUT2D eigenvalue weighted by molar-refractivity contribution is 5.67. The van der Waals surface area contributed by atoms with Crippen molar-refractivity contribution < 1.29 is 24.2 Å². The zero-order chi connectivity index (χ0) is 21.8. The van der Waals surface area contributed by atoms with Gasteiger partial charge in [0.15, 0.2) is 0 Å². The molecule has 4 rings (SSSR count). The van der Waals surface area contributed by atoms with Crippen LogP contribution in [-0.4, -0.2) is 35.4 Å². The van der Waals surface area contributed by atoms with Gasteiger partial charge in [-0.15, -0.1) is 0 Å². The molecule has 0 amide bonds. The van der Waals surface area contributed by atoms with Gasteiger partial charge in [-0.25, -0.2) is 0 Å². The van der Waals surface area contributed by atoms with Crippen LogP contribution in [0.25, 0.3) is 0 Å². The SMILES string of the molecule is CC(=O)O[C@@H]1CC2=CC=C3[C@@H]4CC[C@H](C(C)O)[C@@]4(C)CC[C@@H]3[C@@]2(C)[C@@H](OC(C)=O)C1. The fourth-order valence-corrected chi connectivity index (χ4v) is 7.53. The third kappa shape index (κ3) is 3.24. The zero-order valence-electron chi connectivity index (χ0n) is 18.9. The van der Waals surface area contributed by atoms with Crippen molar-refractivity contribution in [3.63, 3.8) is 0 Å². The fraction of sp³-hybridized carbons (Fsp3) is 0.760. The van der Waals surface area contributed by atoms with Crippen molar-refractivity contribution in [2.45, 2.75) is 91.5 Å². The Hall–Kier alpha value is -1.62. The number of aliphatic hydroxyl groups is 1. The summed E-state index contributed by atoms with van der Waals surface area (Å²) in [6.07, 6.45) is 9.23. The van der Waals surface area contributed by atoms with Gasteiger partial charge in [0, 0.05) is 32.1 Å². The Morgan fingerprint density at radius 2 is 1.77 bits per heavy atom. The van der Waals surface area contributed by atoms with Crippen LogP contribution in [0.5, 0.6) is 0 Å². The molecule has 5 heteroatoms. The highest BCUT2D eigenvalue weighted by atomic mass is 16.6. The number of allylic oxidation sites excluding steroid dienone is 3. The van der Waals surface area contributed by atoms with Crippen molar-refractivity contribution in [3.8, 4) is 0 Å². The minimum absolute atomic E-state index is 0.129. The van der Waals surface area contributed by atoms with E-state index in [1.807, 2.05) is 6.92 Å². The van der Waals surface area contributed by atoms with Crippen LogP contribution in [0.15, 0.2) is 23.3 Å². The minimum Gasteiger partial charge on any atom is -0.462 e. The maximum atomic E-state index is 12.0. The molecule has 30 heavy (non-hydrogen) atoms. The fourth-order valence-electron chi connectivity index (χ4n) is 7.53. The second-order valence-corrected chi connectivity index (χ2v) is 10.5. The maximum absolute atomic E-state index is 12.0. The van der Waals surface area contributed by atoms with Crippen LogP contribution < -0.4 is 0 Å². The van der Waals surface area contributed by atoms with Gasteiger partial charge in [0.05, 0.1) is 6.10 Å². The summed E-state index contributed by atoms with van der Waals surface area (Å²) >= 11 is 0. The van der Waals surface area contributed by atoms with Gasteiger partial charge in [0.25, 0.3) is 0 Å². The molecule has 1 unspecified atom stereocenters. The number of aliphatic hydroxyl groups excluding tert-OH is 1. The van der Waals surface area contributed by atoms with Crippen molar-refractivity contribution in [3.05, 3.63) is 23.3 Å². The van der Waals surface area contributed by atoms with Gasteiger partial charge < -0.3 is 14.6 Å². The second-order valence-electron chi connectivity index (χ2n) is 10.5. The van der Waals surface area contributed by atoms with Crippen LogP contribution in [0.4, 0.5) is 0 Å². The molecule has 4 aliphatic carbocycles. The van der Waals surface area contributed by atoms with Crippen molar-refractivity contribution in [2.75, 3.05) is 0 Å². The van der Waals surface area contributed by atoms with Gasteiger partial charge in [-0.05, 0) is 55.8 Å². The van der Waals surface area contributed by atoms with E-state index in [0.29, 0.717) is 30.6 Å². The number of rotatable bonds is 3. The van der Waals surface area contributed by atoms with Gasteiger partial charge >= 0.3 is 11.9 Å². The maximum Gasteiger partial charge on any atom is 0.302 e. The predicted octanol–water partition coefficient (Wildman–Crippen LogP) is 4.34.